The van der Waals surface area contributed by atoms with Crippen LogP contribution in [0.25, 0.3) is 43.8 Å². The second-order valence-electron chi connectivity index (χ2n) is 11.9. The van der Waals surface area contributed by atoms with Crippen molar-refractivity contribution in [1.29, 1.82) is 0 Å². The molecule has 9 rings (SSSR count). The SMILES string of the molecule is CC1(C)c2ccccc2-c2c1n(C1=NC(c3ccccc3)N=C(n3c4ccccc4c4ccccc43)N1)c1ccccc21.I. The van der Waals surface area contributed by atoms with Gasteiger partial charge in [0.15, 0.2) is 6.17 Å². The molecule has 1 N–H and O–H groups in total. The zero-order valence-corrected chi connectivity index (χ0v) is 26.7. The summed E-state index contributed by atoms with van der Waals surface area (Å²) in [5, 5.41) is 7.39. The Morgan fingerprint density at radius 1 is 0.568 bits per heavy atom. The van der Waals surface area contributed by atoms with Crippen LogP contribution in [0.15, 0.2) is 137 Å². The van der Waals surface area contributed by atoms with E-state index in [0.29, 0.717) is 0 Å². The second-order valence-corrected chi connectivity index (χ2v) is 11.9. The minimum Gasteiger partial charge on any atom is -0.295 e. The Bertz CT molecular complexity index is 2250. The zero-order chi connectivity index (χ0) is 28.7. The third kappa shape index (κ3) is 3.70. The van der Waals surface area contributed by atoms with Gasteiger partial charge in [0.2, 0.25) is 11.9 Å². The quantitative estimate of drug-likeness (QED) is 0.173. The van der Waals surface area contributed by atoms with Gasteiger partial charge in [0.25, 0.3) is 0 Å². The van der Waals surface area contributed by atoms with Gasteiger partial charge in [-0.15, -0.1) is 24.0 Å². The summed E-state index contributed by atoms with van der Waals surface area (Å²) in [4.78, 5) is 10.6. The number of benzene rings is 5. The molecular weight excluding hydrogens is 653 g/mol. The van der Waals surface area contributed by atoms with Crippen molar-refractivity contribution in [2.45, 2.75) is 25.4 Å². The third-order valence-electron chi connectivity index (χ3n) is 9.15. The maximum Gasteiger partial charge on any atom is 0.212 e. The molecule has 0 bridgehead atoms. The van der Waals surface area contributed by atoms with Crippen LogP contribution < -0.4 is 5.32 Å². The topological polar surface area (TPSA) is 46.6 Å². The highest BCUT2D eigenvalue weighted by Crippen LogP contribution is 2.52. The molecule has 5 nitrogen and oxygen atoms in total. The Balaban J connectivity index is 0.00000289. The van der Waals surface area contributed by atoms with Crippen LogP contribution in [-0.4, -0.2) is 21.1 Å². The van der Waals surface area contributed by atoms with E-state index in [1.54, 1.807) is 0 Å². The van der Waals surface area contributed by atoms with Crippen LogP contribution in [0.2, 0.25) is 0 Å². The summed E-state index contributed by atoms with van der Waals surface area (Å²) in [7, 11) is 0. The zero-order valence-electron chi connectivity index (χ0n) is 24.4. The second kappa shape index (κ2) is 9.92. The summed E-state index contributed by atoms with van der Waals surface area (Å²) in [6, 6.07) is 45.0. The first-order chi connectivity index (χ1) is 21.1. The van der Waals surface area contributed by atoms with E-state index in [1.165, 1.54) is 38.5 Å². The molecule has 2 aromatic heterocycles. The van der Waals surface area contributed by atoms with Gasteiger partial charge < -0.3 is 0 Å². The molecule has 44 heavy (non-hydrogen) atoms. The molecule has 6 heteroatoms. The van der Waals surface area contributed by atoms with Gasteiger partial charge in [0, 0.05) is 32.8 Å². The molecule has 0 radical (unpaired) electrons. The summed E-state index contributed by atoms with van der Waals surface area (Å²) in [6.07, 6.45) is -0.406. The number of rotatable bonds is 1. The van der Waals surface area contributed by atoms with E-state index in [4.69, 9.17) is 9.98 Å². The van der Waals surface area contributed by atoms with E-state index in [1.807, 2.05) is 6.07 Å². The minimum atomic E-state index is -0.406. The molecule has 7 aromatic rings. The summed E-state index contributed by atoms with van der Waals surface area (Å²) in [5.74, 6) is 1.54. The van der Waals surface area contributed by atoms with Crippen molar-refractivity contribution in [3.05, 3.63) is 144 Å². The molecule has 214 valence electrons. The Morgan fingerprint density at radius 2 is 1.07 bits per heavy atom. The molecular formula is C38H30IN5. The number of hydrogen-bond acceptors (Lipinski definition) is 3. The van der Waals surface area contributed by atoms with Crippen molar-refractivity contribution in [3.63, 3.8) is 0 Å². The van der Waals surface area contributed by atoms with Crippen molar-refractivity contribution >= 4 is 68.6 Å². The lowest BCUT2D eigenvalue weighted by molar-refractivity contribution is 0.623. The lowest BCUT2D eigenvalue weighted by Gasteiger charge is -2.28. The molecule has 2 aliphatic rings. The average molecular weight is 684 g/mol. The fourth-order valence-electron chi connectivity index (χ4n) is 7.28. The fraction of sp³-hybridized carbons (Fsp3) is 0.105. The predicted octanol–water partition coefficient (Wildman–Crippen LogP) is 9.08. The number of aromatic nitrogens is 2. The van der Waals surface area contributed by atoms with E-state index >= 15 is 0 Å². The van der Waals surface area contributed by atoms with Gasteiger partial charge in [0.05, 0.1) is 16.6 Å². The van der Waals surface area contributed by atoms with Gasteiger partial charge in [-0.05, 0) is 34.9 Å². The first-order valence-electron chi connectivity index (χ1n) is 14.8. The molecule has 5 aromatic carbocycles. The number of nitrogens with one attached hydrogen (secondary N) is 1. The number of aliphatic imine (C=N–C) groups is 2. The van der Waals surface area contributed by atoms with Crippen molar-refractivity contribution in [2.24, 2.45) is 9.98 Å². The summed E-state index contributed by atoms with van der Waals surface area (Å²) in [5.41, 5.74) is 9.36. The van der Waals surface area contributed by atoms with Crippen molar-refractivity contribution < 1.29 is 0 Å². The summed E-state index contributed by atoms with van der Waals surface area (Å²) < 4.78 is 4.60. The summed E-state index contributed by atoms with van der Waals surface area (Å²) in [6.45, 7) is 4.65. The monoisotopic (exact) mass is 683 g/mol. The van der Waals surface area contributed by atoms with Crippen LogP contribution in [0.5, 0.6) is 0 Å². The molecule has 0 amide bonds. The van der Waals surface area contributed by atoms with Crippen molar-refractivity contribution in [3.8, 4) is 11.1 Å². The summed E-state index contributed by atoms with van der Waals surface area (Å²) >= 11 is 0. The number of fused-ring (bicyclic) bond motifs is 8. The third-order valence-corrected chi connectivity index (χ3v) is 9.15. The Morgan fingerprint density at radius 3 is 1.73 bits per heavy atom. The van der Waals surface area contributed by atoms with Crippen LogP contribution in [0, 0.1) is 0 Å². The number of para-hydroxylation sites is 3. The maximum absolute atomic E-state index is 5.34. The Kier molecular flexibility index (Phi) is 6.07. The van der Waals surface area contributed by atoms with Gasteiger partial charge in [-0.2, -0.15) is 0 Å². The van der Waals surface area contributed by atoms with E-state index in [0.717, 1.165) is 34.0 Å². The first-order valence-corrected chi connectivity index (χ1v) is 14.8. The Hall–Kier alpha value is -4.69. The highest BCUT2D eigenvalue weighted by molar-refractivity contribution is 14.0. The Labute approximate surface area is 272 Å². The predicted molar refractivity (Wildman–Crippen MR) is 192 cm³/mol. The van der Waals surface area contributed by atoms with Gasteiger partial charge in [-0.25, -0.2) is 9.98 Å². The fourth-order valence-corrected chi connectivity index (χ4v) is 7.28. The van der Waals surface area contributed by atoms with Gasteiger partial charge >= 0.3 is 0 Å². The van der Waals surface area contributed by atoms with Crippen LogP contribution in [-0.2, 0) is 5.41 Å². The van der Waals surface area contributed by atoms with Gasteiger partial charge in [0.1, 0.15) is 0 Å². The van der Waals surface area contributed by atoms with Crippen LogP contribution in [0.1, 0.15) is 36.8 Å². The maximum atomic E-state index is 5.34. The first kappa shape index (κ1) is 26.9. The molecule has 0 saturated carbocycles. The molecule has 1 atom stereocenters. The lowest BCUT2D eigenvalue weighted by Crippen LogP contribution is -2.44. The standard InChI is InChI=1S/C38H29N5.HI/c1-38(2)29-20-10-6-18-27(29)33-28-19-9-13-23-32(28)43(34(33)38)37-40-35(24-14-4-3-5-15-24)39-36(41-37)42-30-21-11-7-16-25(30)26-17-8-12-22-31(26)42;/h3-23,35H,1-2H3,(H,39,40,41);1H. The van der Waals surface area contributed by atoms with E-state index < -0.39 is 6.17 Å². The highest BCUT2D eigenvalue weighted by Gasteiger charge is 2.42. The molecule has 0 fully saturated rings. The smallest absolute Gasteiger partial charge is 0.212 e. The molecule has 0 spiro atoms. The minimum absolute atomic E-state index is 0. The van der Waals surface area contributed by atoms with Crippen LogP contribution >= 0.6 is 24.0 Å². The largest absolute Gasteiger partial charge is 0.295 e. The average Bonchev–Trinajstić information content (AvgIpc) is 3.66. The lowest BCUT2D eigenvalue weighted by atomic mass is 9.85. The van der Waals surface area contributed by atoms with E-state index in [2.05, 4.69) is 150 Å². The van der Waals surface area contributed by atoms with Crippen molar-refractivity contribution in [1.82, 2.24) is 14.5 Å². The van der Waals surface area contributed by atoms with Crippen molar-refractivity contribution in [2.75, 3.05) is 0 Å². The van der Waals surface area contributed by atoms with Crippen LogP contribution in [0.4, 0.5) is 0 Å². The van der Waals surface area contributed by atoms with Crippen LogP contribution in [0.3, 0.4) is 0 Å². The van der Waals surface area contributed by atoms with E-state index in [9.17, 15) is 0 Å². The molecule has 3 heterocycles. The molecule has 1 unspecified atom stereocenters. The molecule has 1 aliphatic carbocycles. The number of hydrogen-bond donors (Lipinski definition) is 1. The molecule has 0 saturated heterocycles. The number of halogens is 1. The normalized spacial score (nSPS) is 16.6. The molecule has 1 aliphatic heterocycles. The highest BCUT2D eigenvalue weighted by atomic mass is 127. The van der Waals surface area contributed by atoms with E-state index in [-0.39, 0.29) is 29.4 Å². The van der Waals surface area contributed by atoms with Gasteiger partial charge in [-0.3, -0.25) is 14.5 Å². The van der Waals surface area contributed by atoms with Gasteiger partial charge in [-0.1, -0.05) is 123 Å². The number of nitrogens with zero attached hydrogens (tertiary/aromatic N) is 4.